The van der Waals surface area contributed by atoms with Crippen molar-refractivity contribution in [2.75, 3.05) is 0 Å². The van der Waals surface area contributed by atoms with Crippen molar-refractivity contribution in [3.05, 3.63) is 0 Å². The predicted molar refractivity (Wildman–Crippen MR) is 54.7 cm³/mol. The van der Waals surface area contributed by atoms with Crippen molar-refractivity contribution in [3.8, 4) is 39.4 Å². The molecule has 0 saturated carbocycles. The van der Waals surface area contributed by atoms with Gasteiger partial charge in [-0.15, -0.1) is 0 Å². The van der Waals surface area contributed by atoms with Crippen molar-refractivity contribution in [2.45, 2.75) is 0 Å². The quantitative estimate of drug-likeness (QED) is 0.631. The van der Waals surface area contributed by atoms with E-state index in [2.05, 4.69) is 39.4 Å². The summed E-state index contributed by atoms with van der Waals surface area (Å²) in [6, 6.07) is 0. The van der Waals surface area contributed by atoms with E-state index in [-0.39, 0.29) is 79.3 Å². The van der Waals surface area contributed by atoms with Crippen molar-refractivity contribution in [3.63, 3.8) is 0 Å². The van der Waals surface area contributed by atoms with Crippen LogP contribution >= 0.6 is 0 Å². The Kier molecular flexibility index (Phi) is 16900. The van der Waals surface area contributed by atoms with E-state index in [1.165, 1.54) is 0 Å². The van der Waals surface area contributed by atoms with Crippen molar-refractivity contribution in [1.82, 2.24) is 6.15 Å². The Bertz CT molecular complexity index is 104. The molecule has 0 aromatic heterocycles. The first-order valence-corrected chi connectivity index (χ1v) is 1.55. The first-order chi connectivity index (χ1) is 6.00. The van der Waals surface area contributed by atoms with Gasteiger partial charge < -0.3 is 6.15 Å². The van der Waals surface area contributed by atoms with Gasteiger partial charge >= 0.3 is 51.4 Å². The summed E-state index contributed by atoms with van der Waals surface area (Å²) in [7, 11) is 0. The average Bonchev–Trinajstić information content (AvgIpc) is 2.33. The number of nitrogens with zero attached hydrogens (tertiary/aromatic N) is 6. The molecule has 0 amide bonds. The Labute approximate surface area is 148 Å². The summed E-state index contributed by atoms with van der Waals surface area (Å²) in [5.41, 5.74) is 0. The van der Waals surface area contributed by atoms with Gasteiger partial charge in [0.05, 0.1) is 0 Å². The van der Waals surface area contributed by atoms with E-state index < -0.39 is 0 Å². The first kappa shape index (κ1) is 118. The molecule has 0 bridgehead atoms. The molecule has 0 aliphatic carbocycles. The van der Waals surface area contributed by atoms with Crippen LogP contribution in [0.25, 0.3) is 0 Å². The number of rotatable bonds is 0. The fourth-order valence-corrected chi connectivity index (χ4v) is 0. The summed E-state index contributed by atoms with van der Waals surface area (Å²) < 4.78 is 0. The van der Waals surface area contributed by atoms with Gasteiger partial charge in [-0.05, 0) is 0 Å². The van der Waals surface area contributed by atoms with Crippen LogP contribution in [-0.4, -0.2) is 51.4 Å². The minimum atomic E-state index is 0. The fraction of sp³-hybridized carbons (Fsp3) is 0. The molecule has 3 N–H and O–H groups in total. The number of hydrogen-bond donors (Lipinski definition) is 1. The molecule has 0 fully saturated rings. The Morgan fingerprint density at radius 1 is 0.438 bits per heavy atom. The minimum absolute atomic E-state index is 0. The first-order valence-electron chi connectivity index (χ1n) is 1.55. The van der Waals surface area contributed by atoms with Crippen LogP contribution < -0.4 is 6.15 Å². The van der Waals surface area contributed by atoms with E-state index in [0.717, 1.165) is 0 Å². The number of hydrogen-bond acceptors (Lipinski definition) is 7. The third-order valence-electron chi connectivity index (χ3n) is 0. The third-order valence-corrected chi connectivity index (χ3v) is 0. The van der Waals surface area contributed by atoms with Gasteiger partial charge in [0.25, 0.3) is 0 Å². The SMILES string of the molecule is C#N.C#N.C#N.C#N.C#N.C#N.F.N.[Fe].[KH]. The van der Waals surface area contributed by atoms with E-state index in [1.54, 1.807) is 0 Å². The molecule has 0 saturated heterocycles. The summed E-state index contributed by atoms with van der Waals surface area (Å²) in [4.78, 5) is 0. The monoisotopic (exact) mass is 295 g/mol. The van der Waals surface area contributed by atoms with Gasteiger partial charge in [-0.25, -0.2) is 31.6 Å². The van der Waals surface area contributed by atoms with Crippen LogP contribution in [0.3, 0.4) is 0 Å². The molecule has 86 valence electrons. The Morgan fingerprint density at radius 2 is 0.438 bits per heavy atom. The van der Waals surface area contributed by atoms with Crippen LogP contribution in [0.5, 0.6) is 0 Å². The fourth-order valence-electron chi connectivity index (χ4n) is 0. The average molecular weight is 295 g/mol. The second kappa shape index (κ2) is 2290. The van der Waals surface area contributed by atoms with E-state index in [4.69, 9.17) is 31.6 Å². The van der Waals surface area contributed by atoms with Crippen LogP contribution in [0.1, 0.15) is 0 Å². The molecule has 0 aromatic rings. The zero-order chi connectivity index (χ0) is 12.0. The Morgan fingerprint density at radius 3 is 0.438 bits per heavy atom. The molecule has 0 heterocycles. The predicted octanol–water partition coefficient (Wildman–Crippen LogP) is 0.502. The van der Waals surface area contributed by atoms with E-state index in [0.29, 0.717) is 0 Å². The van der Waals surface area contributed by atoms with Gasteiger partial charge in [-0.2, -0.15) is 0 Å². The maximum absolute atomic E-state index is 6.50. The van der Waals surface area contributed by atoms with Crippen molar-refractivity contribution in [2.24, 2.45) is 0 Å². The van der Waals surface area contributed by atoms with Crippen molar-refractivity contribution < 1.29 is 21.8 Å². The van der Waals surface area contributed by atoms with Crippen LogP contribution in [0.2, 0.25) is 0 Å². The zero-order valence-corrected chi connectivity index (χ0v) is 8.72. The van der Waals surface area contributed by atoms with Crippen LogP contribution in [0.15, 0.2) is 0 Å². The summed E-state index contributed by atoms with van der Waals surface area (Å²) >= 11 is 0. The van der Waals surface area contributed by atoms with Crippen LogP contribution in [0.4, 0.5) is 4.70 Å². The van der Waals surface area contributed by atoms with Gasteiger partial charge in [0.2, 0.25) is 0 Å². The second-order valence-electron chi connectivity index (χ2n) is 0. The summed E-state index contributed by atoms with van der Waals surface area (Å²) in [6.07, 6.45) is 0. The summed E-state index contributed by atoms with van der Waals surface area (Å²) in [5, 5.41) is 39.0. The van der Waals surface area contributed by atoms with Gasteiger partial charge in [0, 0.05) is 56.5 Å². The maximum atomic E-state index is 6.50. The van der Waals surface area contributed by atoms with Crippen molar-refractivity contribution >= 4 is 51.4 Å². The molecule has 16 heavy (non-hydrogen) atoms. The van der Waals surface area contributed by atoms with Gasteiger partial charge in [-0.1, -0.05) is 0 Å². The van der Waals surface area contributed by atoms with Crippen molar-refractivity contribution in [1.29, 1.82) is 31.6 Å². The van der Waals surface area contributed by atoms with E-state index in [1.807, 2.05) is 0 Å². The standard InChI is InChI=1S/6CHN.FH.Fe.K.H3N.H/c6*1-2;;;;;/h6*1H;1H;;;1H3;. The molecule has 0 rings (SSSR count). The number of nitriles is 6. The molecule has 0 spiro atoms. The summed E-state index contributed by atoms with van der Waals surface area (Å²) in [6.45, 7) is 21.0. The molecule has 0 aliphatic heterocycles. The molecule has 10 heteroatoms. The second-order valence-corrected chi connectivity index (χ2v) is 0. The summed E-state index contributed by atoms with van der Waals surface area (Å²) in [5.74, 6) is 0. The van der Waals surface area contributed by atoms with E-state index >= 15 is 0 Å². The molecule has 0 aliphatic rings. The Hall–Kier alpha value is -1.01. The number of halogens is 1. The Balaban J connectivity index is -0.00000000321. The van der Waals surface area contributed by atoms with Gasteiger partial charge in [0.15, 0.2) is 0 Å². The third kappa shape index (κ3) is 1810. The molecule has 7 nitrogen and oxygen atoms in total. The zero-order valence-electron chi connectivity index (χ0n) is 7.62. The van der Waals surface area contributed by atoms with Gasteiger partial charge in [0.1, 0.15) is 0 Å². The van der Waals surface area contributed by atoms with Crippen LogP contribution in [0, 0.1) is 71.0 Å². The molecule has 0 radical (unpaired) electrons. The topological polar surface area (TPSA) is 178 Å². The molecule has 0 atom stereocenters. The normalized spacial score (nSPS) is 0.750. The molecule has 0 aromatic carbocycles. The van der Waals surface area contributed by atoms with Gasteiger partial charge in [-0.3, -0.25) is 4.70 Å². The molecular weight excluding hydrogens is 284 g/mol. The van der Waals surface area contributed by atoms with E-state index in [9.17, 15) is 0 Å². The molecule has 0 unspecified atom stereocenters. The van der Waals surface area contributed by atoms with Crippen LogP contribution in [-0.2, 0) is 17.1 Å². The molecular formula is C6H11FFeKN7.